The summed E-state index contributed by atoms with van der Waals surface area (Å²) in [6.45, 7) is 1.59. The van der Waals surface area contributed by atoms with Crippen molar-refractivity contribution < 1.29 is 4.79 Å². The molecule has 0 radical (unpaired) electrons. The lowest BCUT2D eigenvalue weighted by Gasteiger charge is -2.29. The molecule has 0 saturated heterocycles. The van der Waals surface area contributed by atoms with Crippen molar-refractivity contribution >= 4 is 28.6 Å². The average molecular weight is 467 g/mol. The molecule has 1 amide bonds. The Bertz CT molecular complexity index is 1470. The normalized spacial score (nSPS) is 12.9. The summed E-state index contributed by atoms with van der Waals surface area (Å²) in [7, 11) is 0. The number of hydrogen-bond donors (Lipinski definition) is 0. The molecular weight excluding hydrogens is 444 g/mol. The molecule has 3 aromatic carbocycles. The van der Waals surface area contributed by atoms with Crippen LogP contribution >= 0.6 is 11.8 Å². The quantitative estimate of drug-likeness (QED) is 0.324. The van der Waals surface area contributed by atoms with Gasteiger partial charge in [-0.15, -0.1) is 0 Å². The van der Waals surface area contributed by atoms with Crippen LogP contribution in [-0.4, -0.2) is 32.7 Å². The monoisotopic (exact) mass is 466 g/mol. The van der Waals surface area contributed by atoms with E-state index in [-0.39, 0.29) is 17.2 Å². The van der Waals surface area contributed by atoms with Crippen LogP contribution in [0.1, 0.15) is 27.0 Å². The fourth-order valence-corrected chi connectivity index (χ4v) is 4.96. The molecular formula is C27H22N4O2S. The van der Waals surface area contributed by atoms with E-state index >= 15 is 0 Å². The molecule has 4 aromatic rings. The topological polar surface area (TPSA) is 79.0 Å². The molecule has 0 spiro atoms. The number of nitriles is 1. The molecule has 0 saturated carbocycles. The van der Waals surface area contributed by atoms with E-state index in [0.29, 0.717) is 41.3 Å². The van der Waals surface area contributed by atoms with Crippen molar-refractivity contribution in [2.75, 3.05) is 12.3 Å². The standard InChI is InChI=1S/C27H22N4O2S/c28-13-15-34-27-29-24-16-21(25(32)30-14-12-20-8-4-5-9-22(20)18-30)10-11-23(24)26(33)31(27)17-19-6-2-1-3-7-19/h1-11,16H,12,14-15,17-18H2. The van der Waals surface area contributed by atoms with Crippen molar-refractivity contribution in [3.8, 4) is 6.07 Å². The Hall–Kier alpha value is -3.89. The number of carbonyl (C=O) groups is 1. The van der Waals surface area contributed by atoms with Crippen LogP contribution in [0.2, 0.25) is 0 Å². The Kier molecular flexibility index (Phi) is 6.15. The fourth-order valence-electron chi connectivity index (χ4n) is 4.30. The van der Waals surface area contributed by atoms with Crippen molar-refractivity contribution in [3.63, 3.8) is 0 Å². The van der Waals surface area contributed by atoms with E-state index in [2.05, 4.69) is 18.2 Å². The molecule has 168 valence electrons. The van der Waals surface area contributed by atoms with Gasteiger partial charge in [-0.1, -0.05) is 66.4 Å². The number of thioether (sulfide) groups is 1. The summed E-state index contributed by atoms with van der Waals surface area (Å²) in [5, 5.41) is 10.0. The zero-order valence-electron chi connectivity index (χ0n) is 18.5. The Morgan fingerprint density at radius 3 is 2.59 bits per heavy atom. The minimum absolute atomic E-state index is 0.0714. The van der Waals surface area contributed by atoms with Crippen molar-refractivity contribution in [1.82, 2.24) is 14.5 Å². The highest BCUT2D eigenvalue weighted by atomic mass is 32.2. The minimum Gasteiger partial charge on any atom is -0.334 e. The van der Waals surface area contributed by atoms with Crippen LogP contribution in [0.4, 0.5) is 0 Å². The third kappa shape index (κ3) is 4.33. The molecule has 1 aliphatic heterocycles. The van der Waals surface area contributed by atoms with Gasteiger partial charge in [-0.2, -0.15) is 5.26 Å². The molecule has 1 aliphatic rings. The minimum atomic E-state index is -0.180. The average Bonchev–Trinajstić information content (AvgIpc) is 2.89. The molecule has 5 rings (SSSR count). The zero-order valence-corrected chi connectivity index (χ0v) is 19.3. The van der Waals surface area contributed by atoms with Crippen LogP contribution in [0.3, 0.4) is 0 Å². The van der Waals surface area contributed by atoms with E-state index in [4.69, 9.17) is 10.2 Å². The zero-order chi connectivity index (χ0) is 23.5. The van der Waals surface area contributed by atoms with Crippen LogP contribution in [0.15, 0.2) is 82.7 Å². The van der Waals surface area contributed by atoms with E-state index < -0.39 is 0 Å². The van der Waals surface area contributed by atoms with Crippen LogP contribution in [-0.2, 0) is 19.5 Å². The van der Waals surface area contributed by atoms with Crippen LogP contribution < -0.4 is 5.56 Å². The van der Waals surface area contributed by atoms with Gasteiger partial charge in [0.1, 0.15) is 0 Å². The number of rotatable bonds is 5. The van der Waals surface area contributed by atoms with Crippen molar-refractivity contribution in [2.45, 2.75) is 24.7 Å². The third-order valence-electron chi connectivity index (χ3n) is 6.03. The number of hydrogen-bond acceptors (Lipinski definition) is 5. The maximum Gasteiger partial charge on any atom is 0.262 e. The summed E-state index contributed by atoms with van der Waals surface area (Å²) >= 11 is 1.23. The van der Waals surface area contributed by atoms with Crippen molar-refractivity contribution in [2.24, 2.45) is 0 Å². The Morgan fingerprint density at radius 1 is 1.03 bits per heavy atom. The van der Waals surface area contributed by atoms with Gasteiger partial charge >= 0.3 is 0 Å². The predicted octanol–water partition coefficient (Wildman–Crippen LogP) is 4.26. The van der Waals surface area contributed by atoms with Crippen molar-refractivity contribution in [3.05, 3.63) is 105 Å². The number of aromatic nitrogens is 2. The van der Waals surface area contributed by atoms with Crippen LogP contribution in [0.5, 0.6) is 0 Å². The molecule has 0 atom stereocenters. The summed E-state index contributed by atoms with van der Waals surface area (Å²) in [5.41, 5.74) is 4.22. The molecule has 2 heterocycles. The largest absolute Gasteiger partial charge is 0.334 e. The van der Waals surface area contributed by atoms with Crippen LogP contribution in [0.25, 0.3) is 10.9 Å². The lowest BCUT2D eigenvalue weighted by Crippen LogP contribution is -2.36. The van der Waals surface area contributed by atoms with Crippen molar-refractivity contribution in [1.29, 1.82) is 5.26 Å². The fraction of sp³-hybridized carbons (Fsp3) is 0.185. The first kappa shape index (κ1) is 21.9. The van der Waals surface area contributed by atoms with Gasteiger partial charge in [0.15, 0.2) is 5.16 Å². The second kappa shape index (κ2) is 9.54. The Balaban J connectivity index is 1.50. The van der Waals surface area contributed by atoms with Crippen LogP contribution in [0, 0.1) is 11.3 Å². The molecule has 0 N–H and O–H groups in total. The van der Waals surface area contributed by atoms with E-state index in [0.717, 1.165) is 12.0 Å². The molecule has 7 heteroatoms. The number of benzene rings is 3. The van der Waals surface area contributed by atoms with Gasteiger partial charge in [0.05, 0.1) is 29.3 Å². The first-order chi connectivity index (χ1) is 16.6. The molecule has 0 fully saturated rings. The number of amides is 1. The Morgan fingerprint density at radius 2 is 1.79 bits per heavy atom. The third-order valence-corrected chi connectivity index (χ3v) is 6.88. The number of nitrogens with zero attached hydrogens (tertiary/aromatic N) is 4. The van der Waals surface area contributed by atoms with Gasteiger partial charge in [0, 0.05) is 18.7 Å². The molecule has 6 nitrogen and oxygen atoms in total. The second-order valence-corrected chi connectivity index (χ2v) is 9.14. The van der Waals surface area contributed by atoms with E-state index in [1.54, 1.807) is 22.8 Å². The first-order valence-corrected chi connectivity index (χ1v) is 12.1. The Labute approximate surface area is 201 Å². The summed E-state index contributed by atoms with van der Waals surface area (Å²) in [5.74, 6) is 0.108. The summed E-state index contributed by atoms with van der Waals surface area (Å²) in [4.78, 5) is 33.2. The van der Waals surface area contributed by atoms with Gasteiger partial charge in [0.2, 0.25) is 0 Å². The molecule has 0 unspecified atom stereocenters. The van der Waals surface area contributed by atoms with Gasteiger partial charge < -0.3 is 4.90 Å². The molecule has 0 aliphatic carbocycles. The highest BCUT2D eigenvalue weighted by molar-refractivity contribution is 7.99. The molecule has 34 heavy (non-hydrogen) atoms. The maximum absolute atomic E-state index is 13.4. The number of carbonyl (C=O) groups excluding carboxylic acids is 1. The summed E-state index contributed by atoms with van der Waals surface area (Å²) < 4.78 is 1.60. The van der Waals surface area contributed by atoms with Gasteiger partial charge in [-0.05, 0) is 41.3 Å². The molecule has 1 aromatic heterocycles. The molecule has 0 bridgehead atoms. The van der Waals surface area contributed by atoms with Gasteiger partial charge in [-0.25, -0.2) is 4.98 Å². The second-order valence-electron chi connectivity index (χ2n) is 8.20. The summed E-state index contributed by atoms with van der Waals surface area (Å²) in [6.07, 6.45) is 0.826. The lowest BCUT2D eigenvalue weighted by atomic mass is 9.99. The smallest absolute Gasteiger partial charge is 0.262 e. The van der Waals surface area contributed by atoms with Gasteiger partial charge in [0.25, 0.3) is 11.5 Å². The number of fused-ring (bicyclic) bond motifs is 2. The predicted molar refractivity (Wildman–Crippen MR) is 133 cm³/mol. The summed E-state index contributed by atoms with van der Waals surface area (Å²) in [6, 6.07) is 25.1. The lowest BCUT2D eigenvalue weighted by molar-refractivity contribution is 0.0735. The van der Waals surface area contributed by atoms with E-state index in [1.807, 2.05) is 47.4 Å². The van der Waals surface area contributed by atoms with Gasteiger partial charge in [-0.3, -0.25) is 14.2 Å². The first-order valence-electron chi connectivity index (χ1n) is 11.1. The van der Waals surface area contributed by atoms with E-state index in [1.165, 1.54) is 22.9 Å². The highest BCUT2D eigenvalue weighted by Gasteiger charge is 2.22. The van der Waals surface area contributed by atoms with E-state index in [9.17, 15) is 9.59 Å². The maximum atomic E-state index is 13.4. The highest BCUT2D eigenvalue weighted by Crippen LogP contribution is 2.23. The SMILES string of the molecule is N#CCSc1nc2cc(C(=O)N3CCc4ccccc4C3)ccc2c(=O)n1Cc1ccccc1.